The monoisotopic (exact) mass is 285 g/mol. The van der Waals surface area contributed by atoms with Gasteiger partial charge in [0.15, 0.2) is 11.5 Å². The number of nitrogens with two attached hydrogens (primary N) is 1. The first kappa shape index (κ1) is 13.0. The molecule has 2 N–H and O–H groups in total. The molecule has 104 valence electrons. The van der Waals surface area contributed by atoms with E-state index in [0.717, 1.165) is 25.7 Å². The zero-order chi connectivity index (χ0) is 13.5. The van der Waals surface area contributed by atoms with E-state index in [0.29, 0.717) is 23.6 Å². The predicted molar refractivity (Wildman–Crippen MR) is 71.4 cm³/mol. The van der Waals surface area contributed by atoms with Crippen LogP contribution in [0, 0.1) is 5.82 Å². The van der Waals surface area contributed by atoms with Crippen LogP contribution in [-0.4, -0.2) is 13.3 Å². The predicted octanol–water partition coefficient (Wildman–Crippen LogP) is 3.37. The summed E-state index contributed by atoms with van der Waals surface area (Å²) in [5, 5.41) is 0.0812. The van der Waals surface area contributed by atoms with E-state index in [9.17, 15) is 4.39 Å². The lowest BCUT2D eigenvalue weighted by Gasteiger charge is -2.37. The minimum atomic E-state index is -0.404. The number of hydrogen-bond acceptors (Lipinski definition) is 3. The van der Waals surface area contributed by atoms with Gasteiger partial charge in [0.05, 0.1) is 5.02 Å². The minimum Gasteiger partial charge on any atom is -0.454 e. The molecule has 0 radical (unpaired) electrons. The average molecular weight is 286 g/mol. The summed E-state index contributed by atoms with van der Waals surface area (Å²) >= 11 is 5.98. The van der Waals surface area contributed by atoms with Gasteiger partial charge in [-0.25, -0.2) is 4.39 Å². The lowest BCUT2D eigenvalue weighted by atomic mass is 9.69. The Hall–Kier alpha value is -1.00. The van der Waals surface area contributed by atoms with Crippen LogP contribution in [0.15, 0.2) is 6.07 Å². The largest absolute Gasteiger partial charge is 0.454 e. The summed E-state index contributed by atoms with van der Waals surface area (Å²) in [5.74, 6) is 0.618. The van der Waals surface area contributed by atoms with Gasteiger partial charge in [-0.3, -0.25) is 0 Å². The van der Waals surface area contributed by atoms with Crippen LogP contribution in [0.3, 0.4) is 0 Å². The minimum absolute atomic E-state index is 0.0812. The maximum atomic E-state index is 14.6. The lowest BCUT2D eigenvalue weighted by Crippen LogP contribution is -2.38. The van der Waals surface area contributed by atoms with Crippen LogP contribution in [0.4, 0.5) is 4.39 Å². The first-order valence-electron chi connectivity index (χ1n) is 6.66. The fourth-order valence-corrected chi connectivity index (χ4v) is 3.44. The molecular formula is C14H17ClFNO2. The van der Waals surface area contributed by atoms with Crippen molar-refractivity contribution in [2.75, 3.05) is 13.3 Å². The van der Waals surface area contributed by atoms with Gasteiger partial charge in [0.25, 0.3) is 0 Å². The van der Waals surface area contributed by atoms with E-state index in [1.54, 1.807) is 0 Å². The van der Waals surface area contributed by atoms with Gasteiger partial charge in [-0.15, -0.1) is 0 Å². The van der Waals surface area contributed by atoms with Crippen molar-refractivity contribution >= 4 is 11.6 Å². The third-order valence-corrected chi connectivity index (χ3v) is 4.56. The average Bonchev–Trinajstić information content (AvgIpc) is 2.88. The first-order valence-corrected chi connectivity index (χ1v) is 7.04. The number of benzene rings is 1. The number of rotatable bonds is 2. The number of halogens is 2. The Bertz CT molecular complexity index is 501. The van der Waals surface area contributed by atoms with Gasteiger partial charge < -0.3 is 15.2 Å². The molecule has 1 fully saturated rings. The molecule has 0 spiro atoms. The molecule has 0 aromatic heterocycles. The summed E-state index contributed by atoms with van der Waals surface area (Å²) in [6.07, 6.45) is 5.02. The summed E-state index contributed by atoms with van der Waals surface area (Å²) in [6, 6.07) is 1.48. The molecule has 3 nitrogen and oxygen atoms in total. The van der Waals surface area contributed by atoms with Gasteiger partial charge in [-0.2, -0.15) is 0 Å². The molecule has 1 aromatic carbocycles. The van der Waals surface area contributed by atoms with Crippen LogP contribution in [0.2, 0.25) is 5.02 Å². The lowest BCUT2D eigenvalue weighted by molar-refractivity contribution is 0.170. The third kappa shape index (κ3) is 1.98. The summed E-state index contributed by atoms with van der Waals surface area (Å²) in [7, 11) is 0. The van der Waals surface area contributed by atoms with Crippen molar-refractivity contribution in [3.63, 3.8) is 0 Å². The Kier molecular flexibility index (Phi) is 3.31. The van der Waals surface area contributed by atoms with E-state index in [4.69, 9.17) is 26.8 Å². The molecule has 5 heteroatoms. The molecule has 1 aromatic rings. The van der Waals surface area contributed by atoms with Crippen molar-refractivity contribution in [2.45, 2.75) is 37.5 Å². The van der Waals surface area contributed by atoms with Crippen molar-refractivity contribution in [1.82, 2.24) is 0 Å². The highest BCUT2D eigenvalue weighted by atomic mass is 35.5. The SMILES string of the molecule is NCC1(c2c(F)c(Cl)cc3c2OCO3)CCCCC1. The smallest absolute Gasteiger partial charge is 0.231 e. The van der Waals surface area contributed by atoms with Crippen LogP contribution in [0.5, 0.6) is 11.5 Å². The quantitative estimate of drug-likeness (QED) is 0.906. The fraction of sp³-hybridized carbons (Fsp3) is 0.571. The molecule has 3 rings (SSSR count). The molecule has 1 saturated carbocycles. The molecule has 0 unspecified atom stereocenters. The van der Waals surface area contributed by atoms with E-state index >= 15 is 0 Å². The Balaban J connectivity index is 2.17. The second kappa shape index (κ2) is 4.84. The number of ether oxygens (including phenoxy) is 2. The Labute approximate surface area is 116 Å². The third-order valence-electron chi connectivity index (χ3n) is 4.29. The standard InChI is InChI=1S/C14H17ClFNO2/c15-9-6-10-13(19-8-18-10)11(12(9)16)14(7-17)4-2-1-3-5-14/h6H,1-5,7-8,17H2. The normalized spacial score (nSPS) is 20.6. The van der Waals surface area contributed by atoms with E-state index in [1.165, 1.54) is 12.5 Å². The van der Waals surface area contributed by atoms with Gasteiger partial charge in [-0.05, 0) is 12.8 Å². The van der Waals surface area contributed by atoms with Crippen molar-refractivity contribution < 1.29 is 13.9 Å². The van der Waals surface area contributed by atoms with Crippen LogP contribution >= 0.6 is 11.6 Å². The Morgan fingerprint density at radius 1 is 1.26 bits per heavy atom. The van der Waals surface area contributed by atoms with Gasteiger partial charge in [0.2, 0.25) is 6.79 Å². The highest BCUT2D eigenvalue weighted by Gasteiger charge is 2.40. The zero-order valence-electron chi connectivity index (χ0n) is 10.7. The van der Waals surface area contributed by atoms with Crippen molar-refractivity contribution in [2.24, 2.45) is 5.73 Å². The summed E-state index contributed by atoms with van der Waals surface area (Å²) < 4.78 is 25.4. The number of fused-ring (bicyclic) bond motifs is 1. The Morgan fingerprint density at radius 2 is 2.00 bits per heavy atom. The molecule has 0 amide bonds. The molecule has 2 aliphatic rings. The van der Waals surface area contributed by atoms with E-state index in [1.807, 2.05) is 0 Å². The molecule has 0 atom stereocenters. The molecule has 1 aliphatic heterocycles. The van der Waals surface area contributed by atoms with Crippen LogP contribution in [0.1, 0.15) is 37.7 Å². The number of hydrogen-bond donors (Lipinski definition) is 1. The van der Waals surface area contributed by atoms with Crippen molar-refractivity contribution in [3.8, 4) is 11.5 Å². The maximum absolute atomic E-state index is 14.6. The van der Waals surface area contributed by atoms with E-state index in [-0.39, 0.29) is 17.2 Å². The van der Waals surface area contributed by atoms with Crippen LogP contribution in [-0.2, 0) is 5.41 Å². The second-order valence-electron chi connectivity index (χ2n) is 5.33. The highest BCUT2D eigenvalue weighted by molar-refractivity contribution is 6.31. The van der Waals surface area contributed by atoms with E-state index in [2.05, 4.69) is 0 Å². The zero-order valence-corrected chi connectivity index (χ0v) is 11.4. The second-order valence-corrected chi connectivity index (χ2v) is 5.73. The summed E-state index contributed by atoms with van der Waals surface area (Å²) in [4.78, 5) is 0. The highest BCUT2D eigenvalue weighted by Crippen LogP contribution is 2.50. The van der Waals surface area contributed by atoms with E-state index < -0.39 is 5.82 Å². The molecule has 0 bridgehead atoms. The van der Waals surface area contributed by atoms with Crippen LogP contribution in [0.25, 0.3) is 0 Å². The van der Waals surface area contributed by atoms with Gasteiger partial charge in [-0.1, -0.05) is 30.9 Å². The Morgan fingerprint density at radius 3 is 2.68 bits per heavy atom. The molecule has 19 heavy (non-hydrogen) atoms. The molecule has 1 heterocycles. The van der Waals surface area contributed by atoms with Crippen molar-refractivity contribution in [3.05, 3.63) is 22.5 Å². The first-order chi connectivity index (χ1) is 9.18. The molecule has 0 saturated heterocycles. The van der Waals surface area contributed by atoms with Crippen LogP contribution < -0.4 is 15.2 Å². The summed E-state index contributed by atoms with van der Waals surface area (Å²) in [5.41, 5.74) is 6.13. The van der Waals surface area contributed by atoms with Crippen molar-refractivity contribution in [1.29, 1.82) is 0 Å². The van der Waals surface area contributed by atoms with Gasteiger partial charge in [0.1, 0.15) is 5.82 Å². The van der Waals surface area contributed by atoms with Gasteiger partial charge in [0, 0.05) is 23.6 Å². The topological polar surface area (TPSA) is 44.5 Å². The molecular weight excluding hydrogens is 269 g/mol. The fourth-order valence-electron chi connectivity index (χ4n) is 3.25. The summed E-state index contributed by atoms with van der Waals surface area (Å²) in [6.45, 7) is 0.517. The van der Waals surface area contributed by atoms with Gasteiger partial charge >= 0.3 is 0 Å². The maximum Gasteiger partial charge on any atom is 0.231 e. The molecule has 1 aliphatic carbocycles.